The van der Waals surface area contributed by atoms with Crippen molar-refractivity contribution in [3.05, 3.63) is 71.5 Å². The predicted molar refractivity (Wildman–Crippen MR) is 158 cm³/mol. The van der Waals surface area contributed by atoms with Gasteiger partial charge in [-0.05, 0) is 118 Å². The van der Waals surface area contributed by atoms with E-state index >= 15 is 4.39 Å². The molecule has 3 aromatic carbocycles. The van der Waals surface area contributed by atoms with Gasteiger partial charge in [0.1, 0.15) is 11.6 Å². The average molecular weight is 561 g/mol. The van der Waals surface area contributed by atoms with Gasteiger partial charge < -0.3 is 9.47 Å². The molecule has 0 radical (unpaired) electrons. The smallest absolute Gasteiger partial charge is 0.175 e. The molecule has 0 aliphatic carbocycles. The Hall–Kier alpha value is -3.07. The summed E-state index contributed by atoms with van der Waals surface area (Å²) in [5.74, 6) is 0.596. The molecule has 2 saturated heterocycles. The molecule has 4 aromatic rings. The molecule has 210 valence electrons. The summed E-state index contributed by atoms with van der Waals surface area (Å²) in [4.78, 5) is 10.2. The Kier molecular flexibility index (Phi) is 7.27. The fourth-order valence-corrected chi connectivity index (χ4v) is 7.01. The maximum atomic E-state index is 15.4. The van der Waals surface area contributed by atoms with Crippen molar-refractivity contribution in [3.63, 3.8) is 0 Å². The van der Waals surface area contributed by atoms with E-state index in [2.05, 4.69) is 21.9 Å². The standard InChI is InChI=1S/C32H37FN4O2S/c1-22-18-26(20-30-31(22)34-32(35(30)2)23-8-10-28(11-9-23)40(3,38)39)24-6-7-25(29(33)19-24)21-36-16-12-27(13-17-36)37-14-4-5-15-37/h6-11,18-20,27H,4-5,12-17,21H2,1-3H3. The highest BCUT2D eigenvalue weighted by Gasteiger charge is 2.26. The van der Waals surface area contributed by atoms with E-state index < -0.39 is 9.84 Å². The number of sulfone groups is 1. The third-order valence-corrected chi connectivity index (χ3v) is 9.84. The van der Waals surface area contributed by atoms with E-state index in [4.69, 9.17) is 4.98 Å². The van der Waals surface area contributed by atoms with Crippen LogP contribution in [0.4, 0.5) is 4.39 Å². The van der Waals surface area contributed by atoms with Crippen molar-refractivity contribution in [1.82, 2.24) is 19.4 Å². The maximum absolute atomic E-state index is 15.4. The van der Waals surface area contributed by atoms with Gasteiger partial charge in [-0.3, -0.25) is 4.90 Å². The zero-order chi connectivity index (χ0) is 28.0. The molecule has 6 nitrogen and oxygen atoms in total. The Morgan fingerprint density at radius 3 is 2.23 bits per heavy atom. The molecule has 0 unspecified atom stereocenters. The molecule has 0 N–H and O–H groups in total. The Balaban J connectivity index is 1.21. The number of hydrogen-bond donors (Lipinski definition) is 0. The van der Waals surface area contributed by atoms with E-state index in [1.165, 1.54) is 45.0 Å². The Labute approximate surface area is 236 Å². The molecule has 1 aromatic heterocycles. The lowest BCUT2D eigenvalue weighted by Gasteiger charge is -2.36. The van der Waals surface area contributed by atoms with E-state index in [0.717, 1.165) is 57.8 Å². The van der Waals surface area contributed by atoms with Crippen LogP contribution in [0.3, 0.4) is 0 Å². The number of nitrogens with zero attached hydrogens (tertiary/aromatic N) is 4. The van der Waals surface area contributed by atoms with Gasteiger partial charge >= 0.3 is 0 Å². The molecular formula is C32H37FN4O2S. The summed E-state index contributed by atoms with van der Waals surface area (Å²) < 4.78 is 41.1. The number of likely N-dealkylation sites (tertiary alicyclic amines) is 2. The molecule has 2 fully saturated rings. The summed E-state index contributed by atoms with van der Waals surface area (Å²) in [6.07, 6.45) is 6.20. The summed E-state index contributed by atoms with van der Waals surface area (Å²) in [6, 6.07) is 17.2. The number of halogens is 1. The third-order valence-electron chi connectivity index (χ3n) is 8.71. The fourth-order valence-electron chi connectivity index (χ4n) is 6.38. The summed E-state index contributed by atoms with van der Waals surface area (Å²) in [5.41, 5.74) is 6.22. The predicted octanol–water partition coefficient (Wildman–Crippen LogP) is 5.82. The van der Waals surface area contributed by atoms with Gasteiger partial charge in [-0.15, -0.1) is 0 Å². The highest BCUT2D eigenvalue weighted by Crippen LogP contribution is 2.32. The van der Waals surface area contributed by atoms with Gasteiger partial charge in [-0.2, -0.15) is 0 Å². The van der Waals surface area contributed by atoms with E-state index in [1.807, 2.05) is 30.7 Å². The highest BCUT2D eigenvalue weighted by atomic mass is 32.2. The van der Waals surface area contributed by atoms with Gasteiger partial charge in [0.15, 0.2) is 9.84 Å². The number of fused-ring (bicyclic) bond motifs is 1. The van der Waals surface area contributed by atoms with Crippen LogP contribution in [-0.4, -0.2) is 66.2 Å². The number of piperidine rings is 1. The summed E-state index contributed by atoms with van der Waals surface area (Å²) >= 11 is 0. The van der Waals surface area contributed by atoms with Gasteiger partial charge in [0.2, 0.25) is 0 Å². The SMILES string of the molecule is Cc1cc(-c2ccc(CN3CCC(N4CCCC4)CC3)c(F)c2)cc2c1nc(-c1ccc(S(C)(=O)=O)cc1)n2C. The van der Waals surface area contributed by atoms with Crippen molar-refractivity contribution in [2.45, 2.75) is 50.1 Å². The Bertz CT molecular complexity index is 1650. The maximum Gasteiger partial charge on any atom is 0.175 e. The Morgan fingerprint density at radius 1 is 0.900 bits per heavy atom. The first kappa shape index (κ1) is 27.1. The normalized spacial score (nSPS) is 17.7. The lowest BCUT2D eigenvalue weighted by atomic mass is 9.99. The molecule has 0 bridgehead atoms. The third kappa shape index (κ3) is 5.32. The summed E-state index contributed by atoms with van der Waals surface area (Å²) in [7, 11) is -1.31. The van der Waals surface area contributed by atoms with Crippen LogP contribution < -0.4 is 0 Å². The van der Waals surface area contributed by atoms with Crippen LogP contribution in [0, 0.1) is 12.7 Å². The molecule has 0 atom stereocenters. The van der Waals surface area contributed by atoms with Gasteiger partial charge in [0, 0.05) is 37.0 Å². The lowest BCUT2D eigenvalue weighted by Crippen LogP contribution is -2.43. The topological polar surface area (TPSA) is 58.4 Å². The van der Waals surface area contributed by atoms with Crippen molar-refractivity contribution in [1.29, 1.82) is 0 Å². The van der Waals surface area contributed by atoms with Gasteiger partial charge in [-0.25, -0.2) is 17.8 Å². The molecule has 6 rings (SSSR count). The van der Waals surface area contributed by atoms with Crippen LogP contribution >= 0.6 is 0 Å². The molecule has 0 amide bonds. The molecule has 2 aliphatic heterocycles. The minimum Gasteiger partial charge on any atom is -0.327 e. The second-order valence-electron chi connectivity index (χ2n) is 11.5. The number of aryl methyl sites for hydroxylation is 2. The van der Waals surface area contributed by atoms with Crippen LogP contribution in [-0.2, 0) is 23.4 Å². The van der Waals surface area contributed by atoms with E-state index in [1.54, 1.807) is 30.3 Å². The van der Waals surface area contributed by atoms with E-state index in [0.29, 0.717) is 12.6 Å². The molecule has 8 heteroatoms. The van der Waals surface area contributed by atoms with Crippen LogP contribution in [0.1, 0.15) is 36.8 Å². The zero-order valence-corrected chi connectivity index (χ0v) is 24.3. The largest absolute Gasteiger partial charge is 0.327 e. The number of hydrogen-bond acceptors (Lipinski definition) is 5. The summed E-state index contributed by atoms with van der Waals surface area (Å²) in [6.45, 7) is 7.21. The number of benzene rings is 3. The van der Waals surface area contributed by atoms with Crippen molar-refractivity contribution < 1.29 is 12.8 Å². The van der Waals surface area contributed by atoms with Crippen LogP contribution in [0.25, 0.3) is 33.5 Å². The van der Waals surface area contributed by atoms with Crippen LogP contribution in [0.2, 0.25) is 0 Å². The average Bonchev–Trinajstić information content (AvgIpc) is 3.59. The number of imidazole rings is 1. The van der Waals surface area contributed by atoms with Crippen molar-refractivity contribution >= 4 is 20.9 Å². The first-order chi connectivity index (χ1) is 19.2. The second kappa shape index (κ2) is 10.7. The van der Waals surface area contributed by atoms with Crippen molar-refractivity contribution in [2.24, 2.45) is 7.05 Å². The first-order valence-electron chi connectivity index (χ1n) is 14.2. The fraction of sp³-hybridized carbons (Fsp3) is 0.406. The first-order valence-corrected chi connectivity index (χ1v) is 16.1. The van der Waals surface area contributed by atoms with Gasteiger partial charge in [0.05, 0.1) is 15.9 Å². The van der Waals surface area contributed by atoms with Crippen molar-refractivity contribution in [3.8, 4) is 22.5 Å². The zero-order valence-electron chi connectivity index (χ0n) is 23.5. The minimum atomic E-state index is -3.26. The quantitative estimate of drug-likeness (QED) is 0.298. The second-order valence-corrected chi connectivity index (χ2v) is 13.5. The number of aromatic nitrogens is 2. The highest BCUT2D eigenvalue weighted by molar-refractivity contribution is 7.90. The lowest BCUT2D eigenvalue weighted by molar-refractivity contribution is 0.122. The monoisotopic (exact) mass is 560 g/mol. The van der Waals surface area contributed by atoms with Crippen LogP contribution in [0.5, 0.6) is 0 Å². The molecule has 40 heavy (non-hydrogen) atoms. The Morgan fingerprint density at radius 2 is 1.57 bits per heavy atom. The van der Waals surface area contributed by atoms with Gasteiger partial charge in [0.25, 0.3) is 0 Å². The minimum absolute atomic E-state index is 0.159. The van der Waals surface area contributed by atoms with E-state index in [-0.39, 0.29) is 10.7 Å². The molecular weight excluding hydrogens is 523 g/mol. The molecule has 3 heterocycles. The molecule has 0 spiro atoms. The molecule has 2 aliphatic rings. The van der Waals surface area contributed by atoms with E-state index in [9.17, 15) is 8.42 Å². The summed E-state index contributed by atoms with van der Waals surface area (Å²) in [5, 5.41) is 0. The van der Waals surface area contributed by atoms with Gasteiger partial charge in [-0.1, -0.05) is 12.1 Å². The number of rotatable bonds is 6. The van der Waals surface area contributed by atoms with Crippen LogP contribution in [0.15, 0.2) is 59.5 Å². The van der Waals surface area contributed by atoms with Crippen molar-refractivity contribution in [2.75, 3.05) is 32.4 Å². The molecule has 0 saturated carbocycles.